The van der Waals surface area contributed by atoms with E-state index in [1.165, 1.54) is 5.57 Å². The van der Waals surface area contributed by atoms with Crippen molar-refractivity contribution in [2.45, 2.75) is 75.7 Å². The highest BCUT2D eigenvalue weighted by atomic mass is 19.1. The quantitative estimate of drug-likeness (QED) is 0.411. The van der Waals surface area contributed by atoms with Crippen LogP contribution < -0.4 is 11.1 Å². The standard InChI is InChI=1S/C28H33FN2O2.C2H7N/c1-26-10-8-21-14-27(29)15-22(32)5-4-20(27)9-11-28(21,33)24(26)7-6-23(26)18-3-2-17-13-25(30)31-16-19(17)12-18;1-3-2/h2-3,6,8,12-13,16,20,22,24,32-33H,4-5,7,9-11,14-15H2,1H3,(H2,30,31);3H,1-2H3/t20?,22?,24?,26?,27?,28-;/m1./s1. The predicted octanol–water partition coefficient (Wildman–Crippen LogP) is 5.18. The molecular formula is C30H40FN3O2. The summed E-state index contributed by atoms with van der Waals surface area (Å²) in [7, 11) is 3.75. The molecule has 0 amide bonds. The van der Waals surface area contributed by atoms with E-state index in [2.05, 4.69) is 47.6 Å². The molecule has 2 fully saturated rings. The summed E-state index contributed by atoms with van der Waals surface area (Å²) in [6, 6.07) is 8.29. The molecule has 1 aromatic carbocycles. The summed E-state index contributed by atoms with van der Waals surface area (Å²) in [5.41, 5.74) is 6.55. The number of nitrogens with one attached hydrogen (secondary N) is 1. The highest BCUT2D eigenvalue weighted by molar-refractivity contribution is 5.88. The van der Waals surface area contributed by atoms with Gasteiger partial charge in [0.2, 0.25) is 0 Å². The molecule has 194 valence electrons. The molecule has 4 aliphatic carbocycles. The average molecular weight is 494 g/mol. The largest absolute Gasteiger partial charge is 0.393 e. The van der Waals surface area contributed by atoms with Gasteiger partial charge in [0.05, 0.1) is 11.7 Å². The summed E-state index contributed by atoms with van der Waals surface area (Å²) in [6.07, 6.45) is 10.4. The Bertz CT molecular complexity index is 1210. The second-order valence-electron chi connectivity index (χ2n) is 11.7. The molecule has 0 radical (unpaired) electrons. The maximum atomic E-state index is 16.1. The number of halogens is 1. The van der Waals surface area contributed by atoms with Gasteiger partial charge in [-0.05, 0) is 92.8 Å². The van der Waals surface area contributed by atoms with Crippen LogP contribution in [0.1, 0.15) is 63.9 Å². The first-order valence-corrected chi connectivity index (χ1v) is 13.4. The number of benzene rings is 1. The number of nitrogen functional groups attached to an aromatic ring is 1. The highest BCUT2D eigenvalue weighted by Gasteiger charge is 2.59. The minimum atomic E-state index is -1.40. The number of hydrogen-bond acceptors (Lipinski definition) is 5. The van der Waals surface area contributed by atoms with Gasteiger partial charge in [0.25, 0.3) is 0 Å². The summed E-state index contributed by atoms with van der Waals surface area (Å²) in [4.78, 5) is 4.25. The Labute approximate surface area is 213 Å². The van der Waals surface area contributed by atoms with Gasteiger partial charge in [-0.3, -0.25) is 0 Å². The molecule has 4 aliphatic rings. The fourth-order valence-corrected chi connectivity index (χ4v) is 7.60. The lowest BCUT2D eigenvalue weighted by Crippen LogP contribution is -2.49. The van der Waals surface area contributed by atoms with Crippen molar-refractivity contribution in [1.82, 2.24) is 10.3 Å². The molecule has 5 N–H and O–H groups in total. The summed E-state index contributed by atoms with van der Waals surface area (Å²) in [5, 5.41) is 27.2. The van der Waals surface area contributed by atoms with Gasteiger partial charge in [-0.1, -0.05) is 31.2 Å². The van der Waals surface area contributed by atoms with E-state index in [0.717, 1.165) is 34.8 Å². The van der Waals surface area contributed by atoms with Gasteiger partial charge in [0, 0.05) is 35.8 Å². The number of aromatic nitrogens is 1. The monoisotopic (exact) mass is 493 g/mol. The lowest BCUT2D eigenvalue weighted by atomic mass is 9.58. The zero-order valence-electron chi connectivity index (χ0n) is 21.7. The van der Waals surface area contributed by atoms with Gasteiger partial charge in [0.15, 0.2) is 0 Å². The Kier molecular flexibility index (Phi) is 6.51. The second-order valence-corrected chi connectivity index (χ2v) is 11.7. The van der Waals surface area contributed by atoms with Gasteiger partial charge < -0.3 is 21.3 Å². The van der Waals surface area contributed by atoms with Gasteiger partial charge in [-0.15, -0.1) is 0 Å². The smallest absolute Gasteiger partial charge is 0.123 e. The number of aliphatic hydroxyl groups excluding tert-OH is 1. The van der Waals surface area contributed by atoms with Crippen LogP contribution >= 0.6 is 0 Å². The molecule has 5 nitrogen and oxygen atoms in total. The van der Waals surface area contributed by atoms with Crippen LogP contribution in [0, 0.1) is 17.3 Å². The summed E-state index contributed by atoms with van der Waals surface area (Å²) in [5.74, 6) is 0.479. The second kappa shape index (κ2) is 9.23. The van der Waals surface area contributed by atoms with Crippen LogP contribution in [0.2, 0.25) is 0 Å². The van der Waals surface area contributed by atoms with Crippen LogP contribution in [0.15, 0.2) is 48.2 Å². The third-order valence-corrected chi connectivity index (χ3v) is 9.41. The fourth-order valence-electron chi connectivity index (χ4n) is 7.60. The number of alkyl halides is 1. The van der Waals surface area contributed by atoms with E-state index in [9.17, 15) is 10.2 Å². The number of hydrogen-bond donors (Lipinski definition) is 4. The maximum Gasteiger partial charge on any atom is 0.123 e. The molecule has 6 heteroatoms. The van der Waals surface area contributed by atoms with E-state index < -0.39 is 17.4 Å². The van der Waals surface area contributed by atoms with E-state index in [1.54, 1.807) is 0 Å². The number of allylic oxidation sites excluding steroid dienone is 3. The number of anilines is 1. The number of nitrogens with two attached hydrogens (primary N) is 1. The lowest BCUT2D eigenvalue weighted by Gasteiger charge is -2.49. The molecule has 2 aromatic rings. The van der Waals surface area contributed by atoms with E-state index in [0.29, 0.717) is 31.5 Å². The number of aliphatic hydroxyl groups is 2. The Morgan fingerprint density at radius 1 is 1.11 bits per heavy atom. The Morgan fingerprint density at radius 3 is 2.67 bits per heavy atom. The topological polar surface area (TPSA) is 91.4 Å². The van der Waals surface area contributed by atoms with E-state index >= 15 is 4.39 Å². The third-order valence-electron chi connectivity index (χ3n) is 9.41. The van der Waals surface area contributed by atoms with Crippen LogP contribution in [0.3, 0.4) is 0 Å². The molecule has 1 heterocycles. The molecule has 0 bridgehead atoms. The van der Waals surface area contributed by atoms with Crippen molar-refractivity contribution < 1.29 is 14.6 Å². The first kappa shape index (κ1) is 25.4. The number of nitrogens with zero attached hydrogens (tertiary/aromatic N) is 1. The zero-order chi connectivity index (χ0) is 25.7. The van der Waals surface area contributed by atoms with Crippen LogP contribution in [-0.4, -0.2) is 46.7 Å². The van der Waals surface area contributed by atoms with Crippen LogP contribution in [-0.2, 0) is 0 Å². The van der Waals surface area contributed by atoms with E-state index in [4.69, 9.17) is 5.73 Å². The Balaban J connectivity index is 0.000000848. The molecule has 1 aromatic heterocycles. The molecule has 36 heavy (non-hydrogen) atoms. The summed E-state index contributed by atoms with van der Waals surface area (Å²) >= 11 is 0. The van der Waals surface area contributed by atoms with Crippen LogP contribution in [0.5, 0.6) is 0 Å². The SMILES string of the molecule is CC12CC=C3CC4(F)CC(O)CCC4CC[C@]3(O)C1CC=C2c1ccc2cc(N)ncc2c1.CNC. The maximum absolute atomic E-state index is 16.1. The molecule has 0 spiro atoms. The molecule has 5 unspecified atom stereocenters. The molecule has 0 aliphatic heterocycles. The highest BCUT2D eigenvalue weighted by Crippen LogP contribution is 2.63. The average Bonchev–Trinajstić information content (AvgIpc) is 3.13. The minimum Gasteiger partial charge on any atom is -0.393 e. The van der Waals surface area contributed by atoms with E-state index in [-0.39, 0.29) is 30.1 Å². The normalized spacial score (nSPS) is 37.4. The van der Waals surface area contributed by atoms with Gasteiger partial charge >= 0.3 is 0 Å². The van der Waals surface area contributed by atoms with Crippen molar-refractivity contribution in [2.75, 3.05) is 19.8 Å². The van der Waals surface area contributed by atoms with Crippen LogP contribution in [0.4, 0.5) is 10.2 Å². The predicted molar refractivity (Wildman–Crippen MR) is 144 cm³/mol. The Morgan fingerprint density at radius 2 is 1.89 bits per heavy atom. The van der Waals surface area contributed by atoms with Crippen molar-refractivity contribution in [3.05, 3.63) is 53.8 Å². The molecular weight excluding hydrogens is 453 g/mol. The third kappa shape index (κ3) is 4.07. The van der Waals surface area contributed by atoms with Gasteiger partial charge in [-0.25, -0.2) is 9.37 Å². The molecule has 6 atom stereocenters. The number of pyridine rings is 1. The van der Waals surface area contributed by atoms with Crippen molar-refractivity contribution in [1.29, 1.82) is 0 Å². The van der Waals surface area contributed by atoms with Gasteiger partial charge in [-0.2, -0.15) is 0 Å². The molecule has 0 saturated heterocycles. The van der Waals surface area contributed by atoms with Crippen molar-refractivity contribution >= 4 is 22.2 Å². The first-order chi connectivity index (χ1) is 17.1. The molecule has 6 rings (SSSR count). The van der Waals surface area contributed by atoms with Crippen molar-refractivity contribution in [3.63, 3.8) is 0 Å². The van der Waals surface area contributed by atoms with Crippen molar-refractivity contribution in [3.8, 4) is 0 Å². The number of rotatable bonds is 1. The van der Waals surface area contributed by atoms with Gasteiger partial charge in [0.1, 0.15) is 11.5 Å². The molecule has 2 saturated carbocycles. The van der Waals surface area contributed by atoms with Crippen molar-refractivity contribution in [2.24, 2.45) is 17.3 Å². The lowest BCUT2D eigenvalue weighted by molar-refractivity contribution is -0.0359. The minimum absolute atomic E-state index is 0.0360. The Hall–Kier alpha value is -2.28. The fraction of sp³-hybridized carbons (Fsp3) is 0.567. The van der Waals surface area contributed by atoms with E-state index in [1.807, 2.05) is 26.4 Å². The summed E-state index contributed by atoms with van der Waals surface area (Å²) < 4.78 is 16.1. The zero-order valence-corrected chi connectivity index (χ0v) is 21.7. The number of fused-ring (bicyclic) bond motifs is 5. The first-order valence-electron chi connectivity index (χ1n) is 13.4. The summed E-state index contributed by atoms with van der Waals surface area (Å²) in [6.45, 7) is 2.26. The van der Waals surface area contributed by atoms with Crippen LogP contribution in [0.25, 0.3) is 16.3 Å².